The van der Waals surface area contributed by atoms with Gasteiger partial charge in [0.25, 0.3) is 0 Å². The van der Waals surface area contributed by atoms with Gasteiger partial charge >= 0.3 is 0 Å². The van der Waals surface area contributed by atoms with Crippen LogP contribution in [0.1, 0.15) is 36.7 Å². The molecule has 0 aromatic carbocycles. The lowest BCUT2D eigenvalue weighted by atomic mass is 10.1. The van der Waals surface area contributed by atoms with Crippen LogP contribution in [0.5, 0.6) is 0 Å². The molecule has 2 rings (SSSR count). The van der Waals surface area contributed by atoms with Crippen molar-refractivity contribution >= 4 is 22.9 Å². The molecule has 0 atom stereocenters. The predicted molar refractivity (Wildman–Crippen MR) is 109 cm³/mol. The highest BCUT2D eigenvalue weighted by atomic mass is 79.9. The SMILES string of the molecule is Br.CN=C(NCCc1ccn(C(C)C)n1)NCCc1ccncc1C. The van der Waals surface area contributed by atoms with E-state index >= 15 is 0 Å². The zero-order valence-corrected chi connectivity index (χ0v) is 17.2. The summed E-state index contributed by atoms with van der Waals surface area (Å²) in [7, 11) is 1.79. The molecule has 0 aliphatic rings. The molecule has 0 saturated carbocycles. The fourth-order valence-corrected chi connectivity index (χ4v) is 2.43. The second kappa shape index (κ2) is 10.9. The topological polar surface area (TPSA) is 67.1 Å². The summed E-state index contributed by atoms with van der Waals surface area (Å²) in [6, 6.07) is 4.54. The predicted octanol–water partition coefficient (Wildman–Crippen LogP) is 2.70. The molecule has 7 heteroatoms. The molecule has 2 aromatic heterocycles. The maximum Gasteiger partial charge on any atom is 0.190 e. The Kier molecular flexibility index (Phi) is 9.20. The van der Waals surface area contributed by atoms with E-state index in [2.05, 4.69) is 58.6 Å². The van der Waals surface area contributed by atoms with Crippen LogP contribution in [0, 0.1) is 6.92 Å². The van der Waals surface area contributed by atoms with Crippen molar-refractivity contribution in [2.45, 2.75) is 39.7 Å². The lowest BCUT2D eigenvalue weighted by Crippen LogP contribution is -2.39. The maximum absolute atomic E-state index is 4.55. The molecule has 0 bridgehead atoms. The van der Waals surface area contributed by atoms with E-state index in [1.54, 1.807) is 7.05 Å². The molecule has 2 heterocycles. The van der Waals surface area contributed by atoms with Gasteiger partial charge < -0.3 is 10.6 Å². The van der Waals surface area contributed by atoms with E-state index in [9.17, 15) is 0 Å². The summed E-state index contributed by atoms with van der Waals surface area (Å²) in [6.07, 6.45) is 7.60. The number of hydrogen-bond donors (Lipinski definition) is 2. The Morgan fingerprint density at radius 1 is 1.20 bits per heavy atom. The number of aryl methyl sites for hydroxylation is 1. The highest BCUT2D eigenvalue weighted by Crippen LogP contribution is 2.05. The van der Waals surface area contributed by atoms with Crippen LogP contribution in [0.25, 0.3) is 0 Å². The number of halogens is 1. The van der Waals surface area contributed by atoms with Crippen LogP contribution in [0.4, 0.5) is 0 Å². The average molecular weight is 409 g/mol. The van der Waals surface area contributed by atoms with E-state index in [-0.39, 0.29) is 17.0 Å². The number of rotatable bonds is 7. The summed E-state index contributed by atoms with van der Waals surface area (Å²) >= 11 is 0. The van der Waals surface area contributed by atoms with Crippen LogP contribution in [-0.4, -0.2) is 40.9 Å². The van der Waals surface area contributed by atoms with Crippen molar-refractivity contribution in [2.24, 2.45) is 4.99 Å². The minimum absolute atomic E-state index is 0. The van der Waals surface area contributed by atoms with Gasteiger partial charge in [0.1, 0.15) is 0 Å². The molecule has 25 heavy (non-hydrogen) atoms. The van der Waals surface area contributed by atoms with Crippen molar-refractivity contribution < 1.29 is 0 Å². The molecule has 6 nitrogen and oxygen atoms in total. The van der Waals surface area contributed by atoms with Crippen LogP contribution in [-0.2, 0) is 12.8 Å². The Hall–Kier alpha value is -1.89. The lowest BCUT2D eigenvalue weighted by molar-refractivity contribution is 0.526. The van der Waals surface area contributed by atoms with Crippen LogP contribution in [0.3, 0.4) is 0 Å². The minimum Gasteiger partial charge on any atom is -0.356 e. The molecule has 0 aliphatic carbocycles. The molecule has 2 N–H and O–H groups in total. The monoisotopic (exact) mass is 408 g/mol. The summed E-state index contributed by atoms with van der Waals surface area (Å²) in [5, 5.41) is 11.2. The van der Waals surface area contributed by atoms with Gasteiger partial charge in [0.15, 0.2) is 5.96 Å². The van der Waals surface area contributed by atoms with Gasteiger partial charge in [0, 0.05) is 51.2 Å². The Balaban J connectivity index is 0.00000312. The summed E-state index contributed by atoms with van der Waals surface area (Å²) in [5.74, 6) is 0.824. The number of pyridine rings is 1. The van der Waals surface area contributed by atoms with Gasteiger partial charge in [-0.2, -0.15) is 5.10 Å². The first-order valence-electron chi connectivity index (χ1n) is 8.48. The first kappa shape index (κ1) is 21.2. The molecular formula is C18H29BrN6. The maximum atomic E-state index is 4.55. The van der Waals surface area contributed by atoms with Gasteiger partial charge in [0.2, 0.25) is 0 Å². The number of aromatic nitrogens is 3. The summed E-state index contributed by atoms with van der Waals surface area (Å²) in [5.41, 5.74) is 3.63. The Morgan fingerprint density at radius 3 is 2.52 bits per heavy atom. The third-order valence-corrected chi connectivity index (χ3v) is 3.91. The van der Waals surface area contributed by atoms with Gasteiger partial charge in [-0.1, -0.05) is 0 Å². The molecule has 138 valence electrons. The second-order valence-electron chi connectivity index (χ2n) is 6.11. The van der Waals surface area contributed by atoms with Gasteiger partial charge in [-0.05, 0) is 50.5 Å². The molecule has 0 aliphatic heterocycles. The highest BCUT2D eigenvalue weighted by molar-refractivity contribution is 8.93. The Labute approximate surface area is 160 Å². The van der Waals surface area contributed by atoms with E-state index in [4.69, 9.17) is 0 Å². The largest absolute Gasteiger partial charge is 0.356 e. The van der Waals surface area contributed by atoms with Gasteiger partial charge in [-0.25, -0.2) is 0 Å². The highest BCUT2D eigenvalue weighted by Gasteiger charge is 2.03. The van der Waals surface area contributed by atoms with Crippen LogP contribution in [0.15, 0.2) is 35.7 Å². The third-order valence-electron chi connectivity index (χ3n) is 3.91. The van der Waals surface area contributed by atoms with Crippen molar-refractivity contribution in [1.82, 2.24) is 25.4 Å². The summed E-state index contributed by atoms with van der Waals surface area (Å²) in [6.45, 7) is 8.00. The number of aliphatic imine (C=N–C) groups is 1. The van der Waals surface area contributed by atoms with E-state index in [1.165, 1.54) is 11.1 Å². The fourth-order valence-electron chi connectivity index (χ4n) is 2.43. The van der Waals surface area contributed by atoms with E-state index < -0.39 is 0 Å². The van der Waals surface area contributed by atoms with Crippen molar-refractivity contribution in [1.29, 1.82) is 0 Å². The summed E-state index contributed by atoms with van der Waals surface area (Å²) < 4.78 is 1.99. The average Bonchev–Trinajstić information content (AvgIpc) is 3.04. The minimum atomic E-state index is 0. The molecule has 0 radical (unpaired) electrons. The first-order valence-corrected chi connectivity index (χ1v) is 8.48. The fraction of sp³-hybridized carbons (Fsp3) is 0.500. The van der Waals surface area contributed by atoms with Crippen molar-refractivity contribution in [3.05, 3.63) is 47.5 Å². The molecule has 2 aromatic rings. The smallest absolute Gasteiger partial charge is 0.190 e. The number of nitrogens with one attached hydrogen (secondary N) is 2. The van der Waals surface area contributed by atoms with Gasteiger partial charge in [-0.15, -0.1) is 17.0 Å². The van der Waals surface area contributed by atoms with Crippen LogP contribution >= 0.6 is 17.0 Å². The van der Waals surface area contributed by atoms with Crippen molar-refractivity contribution in [3.8, 4) is 0 Å². The van der Waals surface area contributed by atoms with Crippen LogP contribution in [0.2, 0.25) is 0 Å². The number of hydrogen-bond acceptors (Lipinski definition) is 3. The van der Waals surface area contributed by atoms with Crippen molar-refractivity contribution in [2.75, 3.05) is 20.1 Å². The quantitative estimate of drug-likeness (QED) is 0.545. The van der Waals surface area contributed by atoms with Gasteiger partial charge in [-0.3, -0.25) is 14.7 Å². The van der Waals surface area contributed by atoms with Crippen molar-refractivity contribution in [3.63, 3.8) is 0 Å². The summed E-state index contributed by atoms with van der Waals surface area (Å²) in [4.78, 5) is 8.38. The van der Waals surface area contributed by atoms with E-state index in [0.29, 0.717) is 6.04 Å². The van der Waals surface area contributed by atoms with Crippen LogP contribution < -0.4 is 10.6 Å². The van der Waals surface area contributed by atoms with E-state index in [1.807, 2.05) is 23.3 Å². The van der Waals surface area contributed by atoms with Gasteiger partial charge in [0.05, 0.1) is 5.69 Å². The normalized spacial score (nSPS) is 11.3. The standard InChI is InChI=1S/C18H28N6.BrH/c1-14(2)24-12-8-17(23-24)7-11-22-18(19-4)21-10-6-16-5-9-20-13-15(16)3;/h5,8-9,12-14H,6-7,10-11H2,1-4H3,(H2,19,21,22);1H. The number of guanidine groups is 1. The molecule has 0 amide bonds. The second-order valence-corrected chi connectivity index (χ2v) is 6.11. The van der Waals surface area contributed by atoms with E-state index in [0.717, 1.165) is 37.6 Å². The first-order chi connectivity index (χ1) is 11.6. The molecule has 0 spiro atoms. The number of nitrogens with zero attached hydrogens (tertiary/aromatic N) is 4. The third kappa shape index (κ3) is 6.86. The Bertz CT molecular complexity index is 665. The Morgan fingerprint density at radius 2 is 1.92 bits per heavy atom. The lowest BCUT2D eigenvalue weighted by Gasteiger charge is -2.12. The molecule has 0 saturated heterocycles. The zero-order valence-electron chi connectivity index (χ0n) is 15.5. The molecule has 0 unspecified atom stereocenters. The molecule has 0 fully saturated rings. The zero-order chi connectivity index (χ0) is 17.4. The molecular weight excluding hydrogens is 380 g/mol.